The maximum absolute atomic E-state index is 8.13. The molecule has 3 N–H and O–H groups in total. The van der Waals surface area contributed by atoms with Crippen molar-refractivity contribution in [3.63, 3.8) is 0 Å². The fourth-order valence-corrected chi connectivity index (χ4v) is 1.81. The van der Waals surface area contributed by atoms with Gasteiger partial charge in [-0.05, 0) is 25.2 Å². The Hall–Kier alpha value is -0.120. The lowest BCUT2D eigenvalue weighted by atomic mass is 9.84. The average molecular weight is 159 g/mol. The van der Waals surface area contributed by atoms with Gasteiger partial charge in [-0.2, -0.15) is 0 Å². The third-order valence-corrected chi connectivity index (χ3v) is 2.44. The number of nitrogens with two attached hydrogens (primary N) is 1. The maximum Gasteiger partial charge on any atom is 0.0822 e. The van der Waals surface area contributed by atoms with Crippen LogP contribution in [-0.4, -0.2) is 17.9 Å². The molecule has 0 aliphatic heterocycles. The van der Waals surface area contributed by atoms with Crippen LogP contribution in [0.1, 0.15) is 32.1 Å². The highest BCUT2D eigenvalue weighted by Gasteiger charge is 2.18. The van der Waals surface area contributed by atoms with Gasteiger partial charge in [0.1, 0.15) is 0 Å². The number of hydrogen-bond donors (Lipinski definition) is 2. The molecule has 1 saturated carbocycles. The average Bonchev–Trinajstić information content (AvgIpc) is 2.01. The van der Waals surface area contributed by atoms with Crippen molar-refractivity contribution in [2.75, 3.05) is 6.61 Å². The first-order valence-corrected chi connectivity index (χ1v) is 4.35. The highest BCUT2D eigenvalue weighted by molar-refractivity contribution is 4.74. The van der Waals surface area contributed by atoms with Crippen molar-refractivity contribution in [3.05, 3.63) is 0 Å². The quantitative estimate of drug-likeness (QED) is 0.483. The number of rotatable bonds is 3. The highest BCUT2D eigenvalue weighted by Crippen LogP contribution is 2.25. The molecule has 0 aromatic carbocycles. The van der Waals surface area contributed by atoms with E-state index in [0.29, 0.717) is 18.6 Å². The zero-order valence-corrected chi connectivity index (χ0v) is 6.83. The van der Waals surface area contributed by atoms with E-state index < -0.39 is 0 Å². The zero-order chi connectivity index (χ0) is 8.10. The summed E-state index contributed by atoms with van der Waals surface area (Å²) >= 11 is 0. The first-order valence-electron chi connectivity index (χ1n) is 4.35. The molecule has 3 nitrogen and oxygen atoms in total. The summed E-state index contributed by atoms with van der Waals surface area (Å²) in [4.78, 5) is 4.04. The maximum atomic E-state index is 8.13. The summed E-state index contributed by atoms with van der Waals surface area (Å²) in [5.74, 6) is 0.672. The van der Waals surface area contributed by atoms with Crippen molar-refractivity contribution in [2.24, 2.45) is 11.7 Å². The van der Waals surface area contributed by atoms with Gasteiger partial charge in [0.15, 0.2) is 0 Å². The van der Waals surface area contributed by atoms with Crippen LogP contribution in [0.4, 0.5) is 0 Å². The molecule has 0 aromatic rings. The molecule has 66 valence electrons. The predicted molar refractivity (Wildman–Crippen MR) is 43.1 cm³/mol. The van der Waals surface area contributed by atoms with Crippen molar-refractivity contribution < 1.29 is 10.1 Å². The molecule has 0 radical (unpaired) electrons. The van der Waals surface area contributed by atoms with Crippen LogP contribution < -0.4 is 5.73 Å². The van der Waals surface area contributed by atoms with Crippen LogP contribution in [0.15, 0.2) is 0 Å². The van der Waals surface area contributed by atoms with Crippen LogP contribution >= 0.6 is 0 Å². The van der Waals surface area contributed by atoms with Crippen molar-refractivity contribution >= 4 is 0 Å². The Morgan fingerprint density at radius 3 is 2.91 bits per heavy atom. The predicted octanol–water partition coefficient (Wildman–Crippen LogP) is 1.38. The van der Waals surface area contributed by atoms with Gasteiger partial charge in [0, 0.05) is 6.04 Å². The fraction of sp³-hybridized carbons (Fsp3) is 1.00. The van der Waals surface area contributed by atoms with Gasteiger partial charge in [0.25, 0.3) is 0 Å². The van der Waals surface area contributed by atoms with E-state index in [4.69, 9.17) is 11.0 Å². The molecule has 0 aromatic heterocycles. The fourth-order valence-electron chi connectivity index (χ4n) is 1.81. The lowest BCUT2D eigenvalue weighted by Crippen LogP contribution is -2.28. The molecule has 0 heterocycles. The normalized spacial score (nSPS) is 32.2. The Labute approximate surface area is 67.5 Å². The molecule has 0 amide bonds. The third-order valence-electron chi connectivity index (χ3n) is 2.44. The molecule has 1 aliphatic rings. The Morgan fingerprint density at radius 1 is 1.45 bits per heavy atom. The summed E-state index contributed by atoms with van der Waals surface area (Å²) in [7, 11) is 0. The molecule has 2 unspecified atom stereocenters. The van der Waals surface area contributed by atoms with Gasteiger partial charge in [-0.25, -0.2) is 4.89 Å². The summed E-state index contributed by atoms with van der Waals surface area (Å²) in [6, 6.07) is 0.382. The van der Waals surface area contributed by atoms with E-state index in [1.807, 2.05) is 0 Å². The Morgan fingerprint density at radius 2 is 2.27 bits per heavy atom. The molecule has 11 heavy (non-hydrogen) atoms. The molecule has 0 bridgehead atoms. The molecule has 1 rings (SSSR count). The standard InChI is InChI=1S/C8H17NO2/c9-8-3-1-2-7(6-8)4-5-11-10/h7-8,10H,1-6,9H2. The Balaban J connectivity index is 2.12. The van der Waals surface area contributed by atoms with Gasteiger partial charge in [-0.1, -0.05) is 12.8 Å². The second-order valence-corrected chi connectivity index (χ2v) is 3.41. The first kappa shape index (κ1) is 8.97. The zero-order valence-electron chi connectivity index (χ0n) is 6.83. The van der Waals surface area contributed by atoms with E-state index in [1.54, 1.807) is 0 Å². The van der Waals surface area contributed by atoms with Crippen LogP contribution in [0.5, 0.6) is 0 Å². The number of hydrogen-bond acceptors (Lipinski definition) is 3. The van der Waals surface area contributed by atoms with Gasteiger partial charge < -0.3 is 5.73 Å². The van der Waals surface area contributed by atoms with Gasteiger partial charge in [0.2, 0.25) is 0 Å². The minimum atomic E-state index is 0.382. The second-order valence-electron chi connectivity index (χ2n) is 3.41. The Kier molecular flexibility index (Phi) is 3.83. The highest BCUT2D eigenvalue weighted by atomic mass is 17.1. The Bertz CT molecular complexity index is 108. The lowest BCUT2D eigenvalue weighted by Gasteiger charge is -2.25. The van der Waals surface area contributed by atoms with E-state index in [9.17, 15) is 0 Å². The van der Waals surface area contributed by atoms with E-state index >= 15 is 0 Å². The molecular formula is C8H17NO2. The van der Waals surface area contributed by atoms with Crippen molar-refractivity contribution in [1.29, 1.82) is 0 Å². The van der Waals surface area contributed by atoms with Crippen molar-refractivity contribution in [3.8, 4) is 0 Å². The summed E-state index contributed by atoms with van der Waals surface area (Å²) in [5, 5.41) is 8.13. The molecule has 2 atom stereocenters. The van der Waals surface area contributed by atoms with E-state index in [-0.39, 0.29) is 0 Å². The molecular weight excluding hydrogens is 142 g/mol. The minimum absolute atomic E-state index is 0.382. The van der Waals surface area contributed by atoms with Crippen molar-refractivity contribution in [2.45, 2.75) is 38.1 Å². The van der Waals surface area contributed by atoms with Crippen LogP contribution in [0, 0.1) is 5.92 Å². The molecule has 0 saturated heterocycles. The van der Waals surface area contributed by atoms with Crippen LogP contribution in [0.25, 0.3) is 0 Å². The topological polar surface area (TPSA) is 55.5 Å². The smallest absolute Gasteiger partial charge is 0.0822 e. The first-order chi connectivity index (χ1) is 5.33. The monoisotopic (exact) mass is 159 g/mol. The summed E-state index contributed by atoms with van der Waals surface area (Å²) in [6.45, 7) is 0.456. The summed E-state index contributed by atoms with van der Waals surface area (Å²) < 4.78 is 0. The van der Waals surface area contributed by atoms with Crippen LogP contribution in [-0.2, 0) is 4.89 Å². The van der Waals surface area contributed by atoms with Gasteiger partial charge in [-0.3, -0.25) is 5.26 Å². The van der Waals surface area contributed by atoms with E-state index in [1.165, 1.54) is 12.8 Å². The van der Waals surface area contributed by atoms with Gasteiger partial charge >= 0.3 is 0 Å². The molecule has 1 fully saturated rings. The van der Waals surface area contributed by atoms with Gasteiger partial charge in [0.05, 0.1) is 6.61 Å². The molecule has 0 spiro atoms. The lowest BCUT2D eigenvalue weighted by molar-refractivity contribution is -0.244. The van der Waals surface area contributed by atoms with E-state index in [0.717, 1.165) is 19.3 Å². The second kappa shape index (κ2) is 4.70. The molecule has 3 heteroatoms. The van der Waals surface area contributed by atoms with Crippen LogP contribution in [0.3, 0.4) is 0 Å². The minimum Gasteiger partial charge on any atom is -0.328 e. The molecule has 1 aliphatic carbocycles. The van der Waals surface area contributed by atoms with E-state index in [2.05, 4.69) is 4.89 Å². The summed E-state index contributed by atoms with van der Waals surface area (Å²) in [6.07, 6.45) is 5.69. The van der Waals surface area contributed by atoms with Crippen molar-refractivity contribution in [1.82, 2.24) is 0 Å². The third kappa shape index (κ3) is 3.18. The SMILES string of the molecule is NC1CCCC(CCOO)C1. The van der Waals surface area contributed by atoms with Crippen LogP contribution in [0.2, 0.25) is 0 Å². The largest absolute Gasteiger partial charge is 0.328 e. The summed E-state index contributed by atoms with van der Waals surface area (Å²) in [5.41, 5.74) is 5.79. The van der Waals surface area contributed by atoms with Gasteiger partial charge in [-0.15, -0.1) is 0 Å².